The Morgan fingerprint density at radius 2 is 1.86 bits per heavy atom. The number of nitrogens with zero attached hydrogens (tertiary/aromatic N) is 4. The highest BCUT2D eigenvalue weighted by Gasteiger charge is 2.22. The van der Waals surface area contributed by atoms with Gasteiger partial charge in [-0.2, -0.15) is 0 Å². The summed E-state index contributed by atoms with van der Waals surface area (Å²) in [6.07, 6.45) is 5.35. The third-order valence-electron chi connectivity index (χ3n) is 4.73. The number of rotatable bonds is 5. The average Bonchev–Trinajstić information content (AvgIpc) is 2.75. The number of hydrogen-bond donors (Lipinski definition) is 0. The lowest BCUT2D eigenvalue weighted by molar-refractivity contribution is 0.0628. The van der Waals surface area contributed by atoms with Crippen molar-refractivity contribution in [2.24, 2.45) is 0 Å². The molecule has 3 aromatic rings. The van der Waals surface area contributed by atoms with E-state index < -0.39 is 0 Å². The maximum Gasteiger partial charge on any atom is 0.254 e. The van der Waals surface area contributed by atoms with Crippen LogP contribution in [-0.2, 0) is 6.54 Å². The SMILES string of the molecule is O=C(c1cccc(Oc2ccccn2)c1)N1CCN(Cc2cccnc2)CC1. The Morgan fingerprint density at radius 3 is 2.61 bits per heavy atom. The number of benzene rings is 1. The molecule has 0 spiro atoms. The van der Waals surface area contributed by atoms with Crippen molar-refractivity contribution in [2.75, 3.05) is 26.2 Å². The molecule has 1 amide bonds. The van der Waals surface area contributed by atoms with Gasteiger partial charge in [-0.1, -0.05) is 18.2 Å². The minimum absolute atomic E-state index is 0.0347. The van der Waals surface area contributed by atoms with Crippen molar-refractivity contribution in [3.63, 3.8) is 0 Å². The highest BCUT2D eigenvalue weighted by Crippen LogP contribution is 2.21. The fourth-order valence-corrected chi connectivity index (χ4v) is 3.26. The van der Waals surface area contributed by atoms with Crippen LogP contribution in [0.1, 0.15) is 15.9 Å². The van der Waals surface area contributed by atoms with E-state index in [4.69, 9.17) is 4.74 Å². The Morgan fingerprint density at radius 1 is 0.964 bits per heavy atom. The molecule has 0 radical (unpaired) electrons. The van der Waals surface area contributed by atoms with Crippen LogP contribution in [0.3, 0.4) is 0 Å². The van der Waals surface area contributed by atoms with Gasteiger partial charge in [-0.05, 0) is 35.9 Å². The Balaban J connectivity index is 1.35. The second kappa shape index (κ2) is 8.63. The molecule has 3 heterocycles. The van der Waals surface area contributed by atoms with Gasteiger partial charge in [-0.25, -0.2) is 4.98 Å². The number of hydrogen-bond acceptors (Lipinski definition) is 5. The first kappa shape index (κ1) is 18.1. The van der Waals surface area contributed by atoms with Crippen LogP contribution < -0.4 is 4.74 Å². The summed E-state index contributed by atoms with van der Waals surface area (Å²) in [5.74, 6) is 1.16. The van der Waals surface area contributed by atoms with Gasteiger partial charge in [0.2, 0.25) is 5.88 Å². The minimum Gasteiger partial charge on any atom is -0.439 e. The molecule has 1 aromatic carbocycles. The van der Waals surface area contributed by atoms with E-state index in [-0.39, 0.29) is 5.91 Å². The summed E-state index contributed by atoms with van der Waals surface area (Å²) >= 11 is 0. The quantitative estimate of drug-likeness (QED) is 0.686. The highest BCUT2D eigenvalue weighted by atomic mass is 16.5. The number of carbonyl (C=O) groups excluding carboxylic acids is 1. The van der Waals surface area contributed by atoms with Gasteiger partial charge in [0, 0.05) is 62.9 Å². The smallest absolute Gasteiger partial charge is 0.254 e. The summed E-state index contributed by atoms with van der Waals surface area (Å²) in [5, 5.41) is 0. The lowest BCUT2D eigenvalue weighted by Crippen LogP contribution is -2.48. The van der Waals surface area contributed by atoms with Gasteiger partial charge < -0.3 is 9.64 Å². The van der Waals surface area contributed by atoms with Crippen molar-refractivity contribution in [3.05, 3.63) is 84.3 Å². The molecule has 0 saturated carbocycles. The highest BCUT2D eigenvalue weighted by molar-refractivity contribution is 5.94. The van der Waals surface area contributed by atoms with Gasteiger partial charge in [-0.15, -0.1) is 0 Å². The van der Waals surface area contributed by atoms with Crippen molar-refractivity contribution < 1.29 is 9.53 Å². The Hall–Kier alpha value is -3.25. The number of ether oxygens (including phenoxy) is 1. The Labute approximate surface area is 164 Å². The van der Waals surface area contributed by atoms with Crippen LogP contribution in [0, 0.1) is 0 Å². The molecule has 4 rings (SSSR count). The summed E-state index contributed by atoms with van der Waals surface area (Å²) in [7, 11) is 0. The number of carbonyl (C=O) groups is 1. The van der Waals surface area contributed by atoms with Crippen LogP contribution in [0.2, 0.25) is 0 Å². The molecule has 28 heavy (non-hydrogen) atoms. The number of pyridine rings is 2. The van der Waals surface area contributed by atoms with Gasteiger partial charge in [0.15, 0.2) is 0 Å². The lowest BCUT2D eigenvalue weighted by Gasteiger charge is -2.34. The zero-order chi connectivity index (χ0) is 19.2. The molecule has 2 aromatic heterocycles. The van der Waals surface area contributed by atoms with Crippen LogP contribution in [0.25, 0.3) is 0 Å². The molecule has 0 unspecified atom stereocenters. The Bertz CT molecular complexity index is 910. The second-order valence-corrected chi connectivity index (χ2v) is 6.73. The summed E-state index contributed by atoms with van der Waals surface area (Å²) in [6, 6.07) is 16.8. The van der Waals surface area contributed by atoms with Crippen molar-refractivity contribution >= 4 is 5.91 Å². The van der Waals surface area contributed by atoms with Crippen molar-refractivity contribution in [1.29, 1.82) is 0 Å². The van der Waals surface area contributed by atoms with Crippen LogP contribution in [0.15, 0.2) is 73.2 Å². The molecule has 0 N–H and O–H groups in total. The molecule has 0 bridgehead atoms. The molecule has 1 aliphatic rings. The molecule has 1 fully saturated rings. The third kappa shape index (κ3) is 4.53. The molecule has 6 heteroatoms. The monoisotopic (exact) mass is 374 g/mol. The summed E-state index contributed by atoms with van der Waals surface area (Å²) in [5.41, 5.74) is 1.83. The van der Waals surface area contributed by atoms with Gasteiger partial charge in [0.1, 0.15) is 5.75 Å². The first-order valence-electron chi connectivity index (χ1n) is 9.37. The van der Waals surface area contributed by atoms with Gasteiger partial charge in [0.05, 0.1) is 0 Å². The van der Waals surface area contributed by atoms with Crippen LogP contribution >= 0.6 is 0 Å². The van der Waals surface area contributed by atoms with Crippen molar-refractivity contribution in [1.82, 2.24) is 19.8 Å². The van der Waals surface area contributed by atoms with E-state index in [2.05, 4.69) is 20.9 Å². The third-order valence-corrected chi connectivity index (χ3v) is 4.73. The van der Waals surface area contributed by atoms with Crippen LogP contribution in [0.5, 0.6) is 11.6 Å². The zero-order valence-electron chi connectivity index (χ0n) is 15.6. The first-order valence-corrected chi connectivity index (χ1v) is 9.37. The van der Waals surface area contributed by atoms with Crippen LogP contribution in [-0.4, -0.2) is 51.9 Å². The fourth-order valence-electron chi connectivity index (χ4n) is 3.26. The summed E-state index contributed by atoms with van der Waals surface area (Å²) in [6.45, 7) is 3.99. The van der Waals surface area contributed by atoms with E-state index >= 15 is 0 Å². The maximum atomic E-state index is 12.9. The standard InChI is InChI=1S/C22H22N4O2/c27-22(19-6-3-7-20(15-19)28-21-8-1-2-10-24-21)26-13-11-25(12-14-26)17-18-5-4-9-23-16-18/h1-10,15-16H,11-14,17H2. The Kier molecular flexibility index (Phi) is 5.58. The topological polar surface area (TPSA) is 58.6 Å². The molecule has 6 nitrogen and oxygen atoms in total. The van der Waals surface area contributed by atoms with E-state index in [1.54, 1.807) is 24.5 Å². The predicted octanol–water partition coefficient (Wildman–Crippen LogP) is 3.23. The number of piperazine rings is 1. The average molecular weight is 374 g/mol. The maximum absolute atomic E-state index is 12.9. The van der Waals surface area contributed by atoms with E-state index in [0.29, 0.717) is 30.3 Å². The molecule has 0 atom stereocenters. The number of amides is 1. The zero-order valence-corrected chi connectivity index (χ0v) is 15.6. The fraction of sp³-hybridized carbons (Fsp3) is 0.227. The number of aromatic nitrogens is 2. The van der Waals surface area contributed by atoms with Gasteiger partial charge in [0.25, 0.3) is 5.91 Å². The second-order valence-electron chi connectivity index (χ2n) is 6.73. The molecule has 142 valence electrons. The summed E-state index contributed by atoms with van der Waals surface area (Å²) < 4.78 is 5.74. The van der Waals surface area contributed by atoms with Crippen LogP contribution in [0.4, 0.5) is 0 Å². The molecule has 0 aliphatic carbocycles. The van der Waals surface area contributed by atoms with Gasteiger partial charge >= 0.3 is 0 Å². The van der Waals surface area contributed by atoms with E-state index in [9.17, 15) is 4.79 Å². The molecular formula is C22H22N4O2. The largest absolute Gasteiger partial charge is 0.439 e. The van der Waals surface area contributed by atoms with Crippen molar-refractivity contribution in [2.45, 2.75) is 6.54 Å². The normalized spacial score (nSPS) is 14.6. The molecular weight excluding hydrogens is 352 g/mol. The molecule has 1 aliphatic heterocycles. The first-order chi connectivity index (χ1) is 13.8. The van der Waals surface area contributed by atoms with E-state index in [1.807, 2.05) is 47.5 Å². The summed E-state index contributed by atoms with van der Waals surface area (Å²) in [4.78, 5) is 25.5. The lowest BCUT2D eigenvalue weighted by atomic mass is 10.1. The van der Waals surface area contributed by atoms with E-state index in [0.717, 1.165) is 19.6 Å². The minimum atomic E-state index is 0.0347. The van der Waals surface area contributed by atoms with E-state index in [1.165, 1.54) is 5.56 Å². The molecule has 1 saturated heterocycles. The predicted molar refractivity (Wildman–Crippen MR) is 106 cm³/mol. The van der Waals surface area contributed by atoms with Gasteiger partial charge in [-0.3, -0.25) is 14.7 Å². The van der Waals surface area contributed by atoms with Crippen molar-refractivity contribution in [3.8, 4) is 11.6 Å².